The molecule has 0 saturated carbocycles. The van der Waals surface area contributed by atoms with Crippen LogP contribution < -0.4 is 10.6 Å². The Labute approximate surface area is 84.9 Å². The first-order valence-electron chi connectivity index (χ1n) is 5.51. The van der Waals surface area contributed by atoms with E-state index in [1.54, 1.807) is 0 Å². The van der Waals surface area contributed by atoms with E-state index in [0.29, 0.717) is 18.4 Å². The molecule has 0 aromatic rings. The normalized spacial score (nSPS) is 30.9. The van der Waals surface area contributed by atoms with Crippen LogP contribution in [0.4, 0.5) is 0 Å². The second-order valence-electron chi connectivity index (χ2n) is 4.24. The van der Waals surface area contributed by atoms with Crippen LogP contribution in [-0.4, -0.2) is 25.0 Å². The summed E-state index contributed by atoms with van der Waals surface area (Å²) in [6, 6.07) is 0.303. The number of rotatable bonds is 3. The molecule has 1 fully saturated rings. The summed E-state index contributed by atoms with van der Waals surface area (Å²) >= 11 is 0. The van der Waals surface area contributed by atoms with Crippen molar-refractivity contribution in [1.82, 2.24) is 10.6 Å². The molecular formula is C11H18N2O. The molecule has 2 rings (SSSR count). The Balaban J connectivity index is 1.69. The minimum Gasteiger partial charge on any atom is -0.350 e. The zero-order valence-electron chi connectivity index (χ0n) is 8.46. The average Bonchev–Trinajstić information content (AvgIpc) is 2.76. The lowest BCUT2D eigenvalue weighted by Crippen LogP contribution is -2.33. The molecule has 1 heterocycles. The first-order chi connectivity index (χ1) is 6.84. The van der Waals surface area contributed by atoms with Crippen molar-refractivity contribution in [3.05, 3.63) is 12.2 Å². The van der Waals surface area contributed by atoms with Crippen LogP contribution in [0.15, 0.2) is 12.2 Å². The molecule has 78 valence electrons. The summed E-state index contributed by atoms with van der Waals surface area (Å²) in [6.07, 6.45) is 8.27. The molecule has 0 aromatic heterocycles. The summed E-state index contributed by atoms with van der Waals surface area (Å²) in [7, 11) is 0. The molecule has 1 amide bonds. The molecule has 0 radical (unpaired) electrons. The van der Waals surface area contributed by atoms with Crippen molar-refractivity contribution in [3.63, 3.8) is 0 Å². The van der Waals surface area contributed by atoms with E-state index >= 15 is 0 Å². The van der Waals surface area contributed by atoms with Crippen molar-refractivity contribution in [1.29, 1.82) is 0 Å². The van der Waals surface area contributed by atoms with Gasteiger partial charge in [-0.05, 0) is 38.3 Å². The molecule has 14 heavy (non-hydrogen) atoms. The van der Waals surface area contributed by atoms with Crippen LogP contribution >= 0.6 is 0 Å². The average molecular weight is 194 g/mol. The second-order valence-corrected chi connectivity index (χ2v) is 4.24. The maximum Gasteiger partial charge on any atom is 0.220 e. The van der Waals surface area contributed by atoms with Crippen LogP contribution in [-0.2, 0) is 4.79 Å². The van der Waals surface area contributed by atoms with Gasteiger partial charge in [0.05, 0.1) is 0 Å². The summed E-state index contributed by atoms with van der Waals surface area (Å²) in [5.74, 6) is 0.774. The molecule has 1 saturated heterocycles. The number of allylic oxidation sites excluding steroid dienone is 1. The fraction of sp³-hybridized carbons (Fsp3) is 0.727. The van der Waals surface area contributed by atoms with Gasteiger partial charge in [-0.3, -0.25) is 4.79 Å². The van der Waals surface area contributed by atoms with E-state index in [2.05, 4.69) is 22.8 Å². The van der Waals surface area contributed by atoms with Crippen LogP contribution in [0.3, 0.4) is 0 Å². The molecule has 2 atom stereocenters. The van der Waals surface area contributed by atoms with E-state index in [4.69, 9.17) is 0 Å². The van der Waals surface area contributed by atoms with E-state index in [0.717, 1.165) is 32.4 Å². The van der Waals surface area contributed by atoms with Gasteiger partial charge in [0.15, 0.2) is 0 Å². The quantitative estimate of drug-likeness (QED) is 0.653. The van der Waals surface area contributed by atoms with Gasteiger partial charge in [0, 0.05) is 12.5 Å². The van der Waals surface area contributed by atoms with E-state index in [-0.39, 0.29) is 5.91 Å². The number of amides is 1. The molecule has 0 bridgehead atoms. The van der Waals surface area contributed by atoms with E-state index in [9.17, 15) is 4.79 Å². The van der Waals surface area contributed by atoms with Crippen molar-refractivity contribution in [2.24, 2.45) is 5.92 Å². The van der Waals surface area contributed by atoms with Crippen LogP contribution in [0.1, 0.15) is 25.7 Å². The third-order valence-electron chi connectivity index (χ3n) is 3.00. The van der Waals surface area contributed by atoms with Gasteiger partial charge in [-0.15, -0.1) is 0 Å². The summed E-state index contributed by atoms with van der Waals surface area (Å²) in [5, 5.41) is 6.33. The first-order valence-corrected chi connectivity index (χ1v) is 5.51. The predicted octanol–water partition coefficient (Wildman–Crippen LogP) is 0.821. The topological polar surface area (TPSA) is 41.1 Å². The molecule has 1 aliphatic heterocycles. The summed E-state index contributed by atoms with van der Waals surface area (Å²) in [5.41, 5.74) is 0. The van der Waals surface area contributed by atoms with E-state index < -0.39 is 0 Å². The zero-order valence-corrected chi connectivity index (χ0v) is 8.46. The van der Waals surface area contributed by atoms with Crippen molar-refractivity contribution < 1.29 is 4.79 Å². The van der Waals surface area contributed by atoms with E-state index in [1.807, 2.05) is 0 Å². The first kappa shape index (κ1) is 9.71. The van der Waals surface area contributed by atoms with Crippen molar-refractivity contribution in [2.75, 3.05) is 13.1 Å². The Morgan fingerprint density at radius 3 is 3.07 bits per heavy atom. The number of nitrogens with one attached hydrogen (secondary N) is 2. The lowest BCUT2D eigenvalue weighted by atomic mass is 10.0. The molecule has 2 N–H and O–H groups in total. The molecule has 3 heteroatoms. The van der Waals surface area contributed by atoms with Crippen LogP contribution in [0, 0.1) is 5.92 Å². The maximum absolute atomic E-state index is 11.6. The highest BCUT2D eigenvalue weighted by atomic mass is 16.1. The zero-order chi connectivity index (χ0) is 9.80. The minimum absolute atomic E-state index is 0.218. The number of carbonyl (C=O) groups excluding carboxylic acids is 1. The van der Waals surface area contributed by atoms with Gasteiger partial charge in [0.25, 0.3) is 0 Å². The Hall–Kier alpha value is -0.830. The van der Waals surface area contributed by atoms with Crippen LogP contribution in [0.5, 0.6) is 0 Å². The predicted molar refractivity (Wildman–Crippen MR) is 55.9 cm³/mol. The highest BCUT2D eigenvalue weighted by Crippen LogP contribution is 2.13. The number of hydrogen-bond acceptors (Lipinski definition) is 2. The standard InChI is InChI=1S/C11H18N2O/c14-11(7-9-5-6-12-8-9)13-10-3-1-2-4-10/h1,3,9-10,12H,2,4-8H2,(H,13,14)/t9-,10?/m1/s1. The monoisotopic (exact) mass is 194 g/mol. The van der Waals surface area contributed by atoms with Gasteiger partial charge in [0.2, 0.25) is 5.91 Å². The minimum atomic E-state index is 0.218. The third kappa shape index (κ3) is 2.58. The molecule has 0 spiro atoms. The van der Waals surface area contributed by atoms with E-state index in [1.165, 1.54) is 0 Å². The van der Waals surface area contributed by atoms with Gasteiger partial charge in [-0.25, -0.2) is 0 Å². The Kier molecular flexibility index (Phi) is 3.19. The van der Waals surface area contributed by atoms with Gasteiger partial charge in [-0.1, -0.05) is 12.2 Å². The lowest BCUT2D eigenvalue weighted by molar-refractivity contribution is -0.122. The lowest BCUT2D eigenvalue weighted by Gasteiger charge is -2.12. The molecule has 1 aliphatic carbocycles. The molecule has 1 unspecified atom stereocenters. The molecule has 0 aromatic carbocycles. The van der Waals surface area contributed by atoms with Gasteiger partial charge in [-0.2, -0.15) is 0 Å². The fourth-order valence-electron chi connectivity index (χ4n) is 2.17. The molecule has 2 aliphatic rings. The fourth-order valence-corrected chi connectivity index (χ4v) is 2.17. The van der Waals surface area contributed by atoms with Crippen molar-refractivity contribution in [3.8, 4) is 0 Å². The van der Waals surface area contributed by atoms with Crippen molar-refractivity contribution in [2.45, 2.75) is 31.7 Å². The second kappa shape index (κ2) is 4.60. The molecule has 3 nitrogen and oxygen atoms in total. The summed E-state index contributed by atoms with van der Waals surface area (Å²) in [4.78, 5) is 11.6. The Bertz CT molecular complexity index is 231. The summed E-state index contributed by atoms with van der Waals surface area (Å²) in [6.45, 7) is 2.08. The number of hydrogen-bond donors (Lipinski definition) is 2. The van der Waals surface area contributed by atoms with Gasteiger partial charge < -0.3 is 10.6 Å². The smallest absolute Gasteiger partial charge is 0.220 e. The molecular weight excluding hydrogens is 176 g/mol. The SMILES string of the molecule is O=C(C[C@H]1CCNC1)NC1C=CCC1. The highest BCUT2D eigenvalue weighted by molar-refractivity contribution is 5.76. The Morgan fingerprint density at radius 2 is 2.43 bits per heavy atom. The maximum atomic E-state index is 11.6. The van der Waals surface area contributed by atoms with Gasteiger partial charge >= 0.3 is 0 Å². The van der Waals surface area contributed by atoms with Crippen LogP contribution in [0.25, 0.3) is 0 Å². The largest absolute Gasteiger partial charge is 0.350 e. The Morgan fingerprint density at radius 1 is 1.50 bits per heavy atom. The third-order valence-corrected chi connectivity index (χ3v) is 3.00. The highest BCUT2D eigenvalue weighted by Gasteiger charge is 2.19. The summed E-state index contributed by atoms with van der Waals surface area (Å²) < 4.78 is 0. The van der Waals surface area contributed by atoms with Crippen molar-refractivity contribution >= 4 is 5.91 Å². The number of carbonyl (C=O) groups is 1. The van der Waals surface area contributed by atoms with Crippen LogP contribution in [0.2, 0.25) is 0 Å². The van der Waals surface area contributed by atoms with Gasteiger partial charge in [0.1, 0.15) is 0 Å².